The Bertz CT molecular complexity index is 337. The zero-order valence-electron chi connectivity index (χ0n) is 9.04. The molecule has 3 fully saturated rings. The molecule has 1 saturated heterocycles. The first-order valence-corrected chi connectivity index (χ1v) is 7.86. The van der Waals surface area contributed by atoms with Crippen molar-refractivity contribution in [2.24, 2.45) is 5.41 Å². The molecule has 3 rings (SSSR count). The minimum absolute atomic E-state index is 0.195. The topological polar surface area (TPSA) is 46.2 Å². The third kappa shape index (κ3) is 2.07. The fourth-order valence-corrected chi connectivity index (χ4v) is 5.52. The molecule has 4 heteroatoms. The number of nitrogens with one attached hydrogen (secondary N) is 1. The van der Waals surface area contributed by atoms with Crippen LogP contribution in [0.4, 0.5) is 0 Å². The van der Waals surface area contributed by atoms with Gasteiger partial charge in [0.15, 0.2) is 9.84 Å². The SMILES string of the molecule is O=S1(=O)CC2(CCC(NC3CC3)CC2)C1. The lowest BCUT2D eigenvalue weighted by atomic mass is 9.74. The van der Waals surface area contributed by atoms with Crippen molar-refractivity contribution in [3.05, 3.63) is 0 Å². The maximum absolute atomic E-state index is 11.2. The van der Waals surface area contributed by atoms with Crippen LogP contribution >= 0.6 is 0 Å². The summed E-state index contributed by atoms with van der Waals surface area (Å²) in [5.41, 5.74) is 0.195. The monoisotopic (exact) mass is 229 g/mol. The summed E-state index contributed by atoms with van der Waals surface area (Å²) in [4.78, 5) is 0. The molecule has 0 unspecified atom stereocenters. The van der Waals surface area contributed by atoms with Crippen LogP contribution in [-0.4, -0.2) is 32.0 Å². The number of rotatable bonds is 2. The van der Waals surface area contributed by atoms with Crippen LogP contribution in [0, 0.1) is 5.41 Å². The Labute approximate surface area is 91.5 Å². The molecule has 3 nitrogen and oxygen atoms in total. The van der Waals surface area contributed by atoms with E-state index in [0.29, 0.717) is 17.5 Å². The van der Waals surface area contributed by atoms with Gasteiger partial charge in [0.05, 0.1) is 11.5 Å². The Balaban J connectivity index is 1.52. The molecule has 0 aromatic heterocycles. The fourth-order valence-electron chi connectivity index (χ4n) is 3.16. The van der Waals surface area contributed by atoms with E-state index in [1.165, 1.54) is 25.7 Å². The molecule has 1 heterocycles. The number of sulfone groups is 1. The van der Waals surface area contributed by atoms with Crippen molar-refractivity contribution in [1.29, 1.82) is 0 Å². The fraction of sp³-hybridized carbons (Fsp3) is 1.00. The number of hydrogen-bond acceptors (Lipinski definition) is 3. The van der Waals surface area contributed by atoms with Crippen molar-refractivity contribution in [3.63, 3.8) is 0 Å². The van der Waals surface area contributed by atoms with Gasteiger partial charge in [-0.1, -0.05) is 0 Å². The lowest BCUT2D eigenvalue weighted by Gasteiger charge is -2.46. The van der Waals surface area contributed by atoms with Gasteiger partial charge in [-0.15, -0.1) is 0 Å². The third-order valence-electron chi connectivity index (χ3n) is 4.15. The second-order valence-electron chi connectivity index (χ2n) is 5.75. The van der Waals surface area contributed by atoms with Crippen LogP contribution in [0.2, 0.25) is 0 Å². The van der Waals surface area contributed by atoms with E-state index in [9.17, 15) is 8.42 Å². The standard InChI is InChI=1S/C11H19NO2S/c13-15(14)7-11(8-15)5-3-10(4-6-11)12-9-1-2-9/h9-10,12H,1-8H2. The van der Waals surface area contributed by atoms with Gasteiger partial charge in [-0.05, 0) is 43.9 Å². The molecule has 3 aliphatic rings. The molecule has 1 aliphatic heterocycles. The average Bonchev–Trinajstić information content (AvgIpc) is 2.90. The molecular weight excluding hydrogens is 210 g/mol. The molecule has 1 spiro atoms. The maximum Gasteiger partial charge on any atom is 0.151 e. The number of hydrogen-bond donors (Lipinski definition) is 1. The van der Waals surface area contributed by atoms with Crippen molar-refractivity contribution in [2.45, 2.75) is 50.6 Å². The van der Waals surface area contributed by atoms with E-state index < -0.39 is 9.84 Å². The first-order chi connectivity index (χ1) is 7.07. The average molecular weight is 229 g/mol. The van der Waals surface area contributed by atoms with Crippen LogP contribution < -0.4 is 5.32 Å². The second kappa shape index (κ2) is 3.20. The summed E-state index contributed by atoms with van der Waals surface area (Å²) in [6.45, 7) is 0. The van der Waals surface area contributed by atoms with Crippen molar-refractivity contribution in [2.75, 3.05) is 11.5 Å². The van der Waals surface area contributed by atoms with E-state index in [-0.39, 0.29) is 5.41 Å². The van der Waals surface area contributed by atoms with Gasteiger partial charge < -0.3 is 5.32 Å². The largest absolute Gasteiger partial charge is 0.311 e. The summed E-state index contributed by atoms with van der Waals surface area (Å²) in [7, 11) is -2.64. The van der Waals surface area contributed by atoms with Gasteiger partial charge >= 0.3 is 0 Å². The molecule has 0 aromatic rings. The molecule has 0 radical (unpaired) electrons. The molecule has 0 aromatic carbocycles. The summed E-state index contributed by atoms with van der Waals surface area (Å²) in [5, 5.41) is 3.65. The van der Waals surface area contributed by atoms with Crippen molar-refractivity contribution in [3.8, 4) is 0 Å². The molecule has 2 saturated carbocycles. The van der Waals surface area contributed by atoms with Crippen LogP contribution in [0.5, 0.6) is 0 Å². The van der Waals surface area contributed by atoms with Gasteiger partial charge in [-0.3, -0.25) is 0 Å². The maximum atomic E-state index is 11.2. The van der Waals surface area contributed by atoms with Gasteiger partial charge in [0.2, 0.25) is 0 Å². The summed E-state index contributed by atoms with van der Waals surface area (Å²) >= 11 is 0. The highest BCUT2D eigenvalue weighted by Gasteiger charge is 2.49. The van der Waals surface area contributed by atoms with Crippen molar-refractivity contribution >= 4 is 9.84 Å². The smallest absolute Gasteiger partial charge is 0.151 e. The first kappa shape index (κ1) is 10.1. The predicted molar refractivity (Wildman–Crippen MR) is 59.5 cm³/mol. The highest BCUT2D eigenvalue weighted by molar-refractivity contribution is 7.92. The Morgan fingerprint density at radius 3 is 1.93 bits per heavy atom. The van der Waals surface area contributed by atoms with E-state index in [0.717, 1.165) is 18.9 Å². The van der Waals surface area contributed by atoms with Gasteiger partial charge in [-0.25, -0.2) is 8.42 Å². The Hall–Kier alpha value is -0.0900. The molecule has 2 aliphatic carbocycles. The Kier molecular flexibility index (Phi) is 2.15. The van der Waals surface area contributed by atoms with Crippen LogP contribution in [-0.2, 0) is 9.84 Å². The quantitative estimate of drug-likeness (QED) is 0.771. The zero-order valence-corrected chi connectivity index (χ0v) is 9.85. The van der Waals surface area contributed by atoms with Gasteiger partial charge in [0.25, 0.3) is 0 Å². The molecule has 86 valence electrons. The van der Waals surface area contributed by atoms with Gasteiger partial charge in [-0.2, -0.15) is 0 Å². The van der Waals surface area contributed by atoms with Crippen LogP contribution in [0.15, 0.2) is 0 Å². The normalized spacial score (nSPS) is 33.9. The highest BCUT2D eigenvalue weighted by Crippen LogP contribution is 2.45. The lowest BCUT2D eigenvalue weighted by molar-refractivity contribution is 0.193. The van der Waals surface area contributed by atoms with Crippen molar-refractivity contribution < 1.29 is 8.42 Å². The van der Waals surface area contributed by atoms with Crippen molar-refractivity contribution in [1.82, 2.24) is 5.32 Å². The summed E-state index contributed by atoms with van der Waals surface area (Å²) < 4.78 is 22.4. The van der Waals surface area contributed by atoms with Gasteiger partial charge in [0.1, 0.15) is 0 Å². The van der Waals surface area contributed by atoms with E-state index in [1.54, 1.807) is 0 Å². The first-order valence-electron chi connectivity index (χ1n) is 6.04. The van der Waals surface area contributed by atoms with E-state index in [4.69, 9.17) is 0 Å². The predicted octanol–water partition coefficient (Wildman–Crippen LogP) is 1.10. The summed E-state index contributed by atoms with van der Waals surface area (Å²) in [6, 6.07) is 1.46. The van der Waals surface area contributed by atoms with Crippen LogP contribution in [0.25, 0.3) is 0 Å². The second-order valence-corrected chi connectivity index (χ2v) is 7.81. The molecule has 0 amide bonds. The summed E-state index contributed by atoms with van der Waals surface area (Å²) in [5.74, 6) is 0.937. The van der Waals surface area contributed by atoms with E-state index >= 15 is 0 Å². The molecular formula is C11H19NO2S. The molecule has 0 bridgehead atoms. The minimum atomic E-state index is -2.64. The molecule has 15 heavy (non-hydrogen) atoms. The van der Waals surface area contributed by atoms with E-state index in [1.807, 2.05) is 0 Å². The van der Waals surface area contributed by atoms with E-state index in [2.05, 4.69) is 5.32 Å². The zero-order chi connectivity index (χ0) is 10.5. The molecule has 1 N–H and O–H groups in total. The Morgan fingerprint density at radius 1 is 0.933 bits per heavy atom. The molecule has 0 atom stereocenters. The van der Waals surface area contributed by atoms with Crippen LogP contribution in [0.3, 0.4) is 0 Å². The Morgan fingerprint density at radius 2 is 1.47 bits per heavy atom. The highest BCUT2D eigenvalue weighted by atomic mass is 32.2. The third-order valence-corrected chi connectivity index (χ3v) is 6.25. The summed E-state index contributed by atoms with van der Waals surface area (Å²) in [6.07, 6.45) is 7.30. The van der Waals surface area contributed by atoms with Gasteiger partial charge in [0, 0.05) is 12.1 Å². The van der Waals surface area contributed by atoms with Crippen LogP contribution in [0.1, 0.15) is 38.5 Å². The minimum Gasteiger partial charge on any atom is -0.311 e. The lowest BCUT2D eigenvalue weighted by Crippen LogP contribution is -2.52.